The number of aromatic nitrogens is 3. The van der Waals surface area contributed by atoms with Crippen LogP contribution in [-0.2, 0) is 4.52 Å². The van der Waals surface area contributed by atoms with Crippen molar-refractivity contribution in [1.82, 2.24) is 15.2 Å². The molecule has 0 aromatic carbocycles. The van der Waals surface area contributed by atoms with Crippen LogP contribution < -0.4 is 0 Å². The fourth-order valence-electron chi connectivity index (χ4n) is 3.67. The molecule has 0 saturated heterocycles. The van der Waals surface area contributed by atoms with Crippen molar-refractivity contribution in [1.29, 1.82) is 0 Å². The van der Waals surface area contributed by atoms with Gasteiger partial charge in [0.25, 0.3) is 0 Å². The van der Waals surface area contributed by atoms with Gasteiger partial charge in [-0.1, -0.05) is 0 Å². The van der Waals surface area contributed by atoms with Crippen LogP contribution in [-0.4, -0.2) is 45.8 Å². The van der Waals surface area contributed by atoms with E-state index in [2.05, 4.69) is 42.9 Å². The molecular formula is C19H38N3O2P. The summed E-state index contributed by atoms with van der Waals surface area (Å²) in [5.41, 5.74) is 0. The number of nitrogens with zero attached hydrogens (tertiary/aromatic N) is 2. The van der Waals surface area contributed by atoms with Gasteiger partial charge in [0.2, 0.25) is 0 Å². The van der Waals surface area contributed by atoms with Gasteiger partial charge in [-0.05, 0) is 0 Å². The van der Waals surface area contributed by atoms with Gasteiger partial charge >= 0.3 is 153 Å². The summed E-state index contributed by atoms with van der Waals surface area (Å²) in [6.45, 7) is 6.32. The predicted molar refractivity (Wildman–Crippen MR) is 108 cm³/mol. The van der Waals surface area contributed by atoms with E-state index in [1.54, 1.807) is 0 Å². The van der Waals surface area contributed by atoms with Crippen molar-refractivity contribution in [3.8, 4) is 0 Å². The summed E-state index contributed by atoms with van der Waals surface area (Å²) in [5, 5.41) is 6.51. The minimum atomic E-state index is -2.58. The Morgan fingerprint density at radius 3 is 1.68 bits per heavy atom. The normalized spacial score (nSPS) is 13.4. The number of nitrogens with one attached hydrogen (secondary N) is 1. The SMILES string of the molecule is CCCCP(CCCC)(CCCC)(CCCC)OC(=O)c1ncn[nH]1. The predicted octanol–water partition coefficient (Wildman–Crippen LogP) is 5.63. The standard InChI is InChI=1S/C19H38N3O2P/c1-5-9-13-25(14-10-6-2,15-11-7-3,16-12-8-4)24-19(23)18-20-17-21-22-18/h17H,5-16H2,1-4H3,(H,20,21,22). The Labute approximate surface area is 153 Å². The van der Waals surface area contributed by atoms with Gasteiger partial charge in [-0.25, -0.2) is 0 Å². The zero-order valence-corrected chi connectivity index (χ0v) is 17.6. The summed E-state index contributed by atoms with van der Waals surface area (Å²) in [6.07, 6.45) is 14.8. The minimum absolute atomic E-state index is 0.245. The number of carbonyl (C=O) groups is 1. The van der Waals surface area contributed by atoms with Crippen molar-refractivity contribution in [2.45, 2.75) is 79.1 Å². The molecule has 5 nitrogen and oxygen atoms in total. The monoisotopic (exact) mass is 371 g/mol. The van der Waals surface area contributed by atoms with E-state index in [4.69, 9.17) is 4.52 Å². The average molecular weight is 372 g/mol. The van der Waals surface area contributed by atoms with E-state index in [0.29, 0.717) is 0 Å². The van der Waals surface area contributed by atoms with Gasteiger partial charge in [-0.3, -0.25) is 0 Å². The number of rotatable bonds is 14. The van der Waals surface area contributed by atoms with Crippen LogP contribution in [0.3, 0.4) is 0 Å². The molecule has 1 aromatic heterocycles. The molecular weight excluding hydrogens is 333 g/mol. The first-order valence-corrected chi connectivity index (χ1v) is 13.0. The van der Waals surface area contributed by atoms with Crippen molar-refractivity contribution in [2.24, 2.45) is 0 Å². The molecule has 1 rings (SSSR count). The maximum absolute atomic E-state index is 12.9. The van der Waals surface area contributed by atoms with E-state index in [0.717, 1.165) is 76.0 Å². The van der Waals surface area contributed by atoms with E-state index in [1.165, 1.54) is 6.33 Å². The second-order valence-electron chi connectivity index (χ2n) is 7.38. The number of aromatic amines is 1. The molecule has 0 amide bonds. The molecule has 0 spiro atoms. The van der Waals surface area contributed by atoms with Gasteiger partial charge in [-0.15, -0.1) is 0 Å². The summed E-state index contributed by atoms with van der Waals surface area (Å²) in [7, 11) is 0. The first-order valence-electron chi connectivity index (χ1n) is 10.1. The fourth-order valence-corrected chi connectivity index (χ4v) is 10.4. The van der Waals surface area contributed by atoms with Crippen LogP contribution in [0.2, 0.25) is 0 Å². The van der Waals surface area contributed by atoms with E-state index in [9.17, 15) is 4.79 Å². The Morgan fingerprint density at radius 1 is 0.920 bits per heavy atom. The van der Waals surface area contributed by atoms with Crippen molar-refractivity contribution in [3.63, 3.8) is 0 Å². The molecule has 0 atom stereocenters. The Kier molecular flexibility index (Phi) is 9.63. The quantitative estimate of drug-likeness (QED) is 0.430. The molecule has 6 heteroatoms. The van der Waals surface area contributed by atoms with E-state index in [1.807, 2.05) is 0 Å². The Morgan fingerprint density at radius 2 is 1.36 bits per heavy atom. The Hall–Kier alpha value is -0.960. The molecule has 0 unspecified atom stereocenters. The molecule has 0 aliphatic heterocycles. The third-order valence-corrected chi connectivity index (χ3v) is 11.7. The molecule has 0 radical (unpaired) electrons. The molecule has 0 fully saturated rings. The molecule has 25 heavy (non-hydrogen) atoms. The zero-order valence-electron chi connectivity index (χ0n) is 16.7. The van der Waals surface area contributed by atoms with Crippen LogP contribution >= 0.6 is 6.83 Å². The first kappa shape index (κ1) is 22.1. The Balaban J connectivity index is 3.23. The topological polar surface area (TPSA) is 67.9 Å². The van der Waals surface area contributed by atoms with E-state index in [-0.39, 0.29) is 11.8 Å². The van der Waals surface area contributed by atoms with Crippen LogP contribution in [0.4, 0.5) is 0 Å². The molecule has 146 valence electrons. The Bertz CT molecular complexity index is 447. The molecule has 0 saturated carbocycles. The van der Waals surface area contributed by atoms with E-state index < -0.39 is 6.83 Å². The van der Waals surface area contributed by atoms with Crippen LogP contribution in [0.5, 0.6) is 0 Å². The number of hydrogen-bond donors (Lipinski definition) is 1. The molecule has 1 heterocycles. The summed E-state index contributed by atoms with van der Waals surface area (Å²) < 4.78 is 6.54. The summed E-state index contributed by atoms with van der Waals surface area (Å²) in [6, 6.07) is 0. The number of hydrogen-bond acceptors (Lipinski definition) is 4. The molecule has 0 bridgehead atoms. The van der Waals surface area contributed by atoms with Gasteiger partial charge in [0, 0.05) is 0 Å². The first-order chi connectivity index (χ1) is 12.0. The van der Waals surface area contributed by atoms with Crippen molar-refractivity contribution in [3.05, 3.63) is 12.2 Å². The van der Waals surface area contributed by atoms with Gasteiger partial charge < -0.3 is 0 Å². The molecule has 0 aliphatic carbocycles. The van der Waals surface area contributed by atoms with Gasteiger partial charge in [0.05, 0.1) is 0 Å². The third-order valence-electron chi connectivity index (χ3n) is 5.26. The number of unbranched alkanes of at least 4 members (excludes halogenated alkanes) is 4. The third kappa shape index (κ3) is 6.36. The van der Waals surface area contributed by atoms with Crippen molar-refractivity contribution >= 4 is 12.8 Å². The summed E-state index contributed by atoms with van der Waals surface area (Å²) in [4.78, 5) is 16.9. The molecule has 1 N–H and O–H groups in total. The second-order valence-corrected chi connectivity index (χ2v) is 13.1. The van der Waals surface area contributed by atoms with Gasteiger partial charge in [0.1, 0.15) is 0 Å². The number of carbonyl (C=O) groups excluding carboxylic acids is 1. The van der Waals surface area contributed by atoms with Crippen molar-refractivity contribution in [2.75, 3.05) is 24.6 Å². The fraction of sp³-hybridized carbons (Fsp3) is 0.842. The van der Waals surface area contributed by atoms with Gasteiger partial charge in [-0.2, -0.15) is 0 Å². The van der Waals surface area contributed by atoms with Crippen LogP contribution in [0.25, 0.3) is 0 Å². The van der Waals surface area contributed by atoms with E-state index >= 15 is 0 Å². The zero-order chi connectivity index (χ0) is 18.6. The van der Waals surface area contributed by atoms with Crippen molar-refractivity contribution < 1.29 is 9.32 Å². The summed E-state index contributed by atoms with van der Waals surface area (Å²) in [5.74, 6) is -0.0513. The van der Waals surface area contributed by atoms with Crippen LogP contribution in [0.1, 0.15) is 89.7 Å². The van der Waals surface area contributed by atoms with Crippen LogP contribution in [0, 0.1) is 0 Å². The molecule has 1 aromatic rings. The van der Waals surface area contributed by atoms with Crippen LogP contribution in [0.15, 0.2) is 6.33 Å². The maximum atomic E-state index is 12.9. The number of H-pyrrole nitrogens is 1. The second kappa shape index (κ2) is 10.9. The van der Waals surface area contributed by atoms with Gasteiger partial charge in [0.15, 0.2) is 0 Å². The average Bonchev–Trinajstić information content (AvgIpc) is 3.17. The summed E-state index contributed by atoms with van der Waals surface area (Å²) >= 11 is 0. The molecule has 0 aliphatic rings.